The third-order valence-corrected chi connectivity index (χ3v) is 4.58. The van der Waals surface area contributed by atoms with Crippen LogP contribution < -0.4 is 0 Å². The van der Waals surface area contributed by atoms with Gasteiger partial charge in [0.1, 0.15) is 0 Å². The van der Waals surface area contributed by atoms with Gasteiger partial charge in [0.2, 0.25) is 0 Å². The van der Waals surface area contributed by atoms with Crippen molar-refractivity contribution in [2.24, 2.45) is 0 Å². The van der Waals surface area contributed by atoms with Crippen molar-refractivity contribution in [3.63, 3.8) is 0 Å². The van der Waals surface area contributed by atoms with Crippen LogP contribution in [0.4, 0.5) is 0 Å². The predicted octanol–water partition coefficient (Wildman–Crippen LogP) is 2.74. The molecule has 0 N–H and O–H groups in total. The van der Waals surface area contributed by atoms with Gasteiger partial charge in [0.25, 0.3) is 0 Å². The minimum absolute atomic E-state index is 0.230. The summed E-state index contributed by atoms with van der Waals surface area (Å²) in [7, 11) is 1.41. The molecule has 0 spiro atoms. The second-order valence-corrected chi connectivity index (χ2v) is 5.69. The number of nitrogens with zero attached hydrogens (tertiary/aromatic N) is 1. The highest BCUT2D eigenvalue weighted by Crippen LogP contribution is 2.35. The average Bonchev–Trinajstić information content (AvgIpc) is 3.04. The molecule has 0 bridgehead atoms. The minimum atomic E-state index is -0.230. The van der Waals surface area contributed by atoms with E-state index >= 15 is 0 Å². The molecule has 1 aromatic heterocycles. The topological polar surface area (TPSA) is 39.2 Å². The molecule has 1 heterocycles. The first-order valence-electron chi connectivity index (χ1n) is 6.34. The lowest BCUT2D eigenvalue weighted by Crippen LogP contribution is -2.05. The van der Waals surface area contributed by atoms with Crippen LogP contribution in [0.2, 0.25) is 0 Å². The van der Waals surface area contributed by atoms with Gasteiger partial charge in [-0.25, -0.2) is 4.98 Å². The van der Waals surface area contributed by atoms with Crippen LogP contribution in [-0.4, -0.2) is 18.1 Å². The Hall–Kier alpha value is -1.68. The molecule has 0 radical (unpaired) electrons. The minimum Gasteiger partial charge on any atom is -0.469 e. The molecule has 2 aromatic rings. The summed E-state index contributed by atoms with van der Waals surface area (Å²) in [5, 5.41) is 3.10. The van der Waals surface area contributed by atoms with Gasteiger partial charge in [0.15, 0.2) is 0 Å². The van der Waals surface area contributed by atoms with Crippen molar-refractivity contribution < 1.29 is 9.53 Å². The third-order valence-electron chi connectivity index (χ3n) is 3.52. The second-order valence-electron chi connectivity index (χ2n) is 4.80. The van der Waals surface area contributed by atoms with Gasteiger partial charge >= 0.3 is 5.97 Å². The maximum absolute atomic E-state index is 11.2. The maximum Gasteiger partial charge on any atom is 0.311 e. The van der Waals surface area contributed by atoms with Gasteiger partial charge in [0.05, 0.1) is 24.2 Å². The monoisotopic (exact) mass is 273 g/mol. The van der Waals surface area contributed by atoms with E-state index in [-0.39, 0.29) is 12.4 Å². The highest BCUT2D eigenvalue weighted by Gasteiger charge is 2.25. The van der Waals surface area contributed by atoms with Crippen LogP contribution in [0.25, 0.3) is 0 Å². The van der Waals surface area contributed by atoms with Crippen LogP contribution >= 0.6 is 11.3 Å². The van der Waals surface area contributed by atoms with E-state index in [4.69, 9.17) is 0 Å². The van der Waals surface area contributed by atoms with Crippen LogP contribution in [0, 0.1) is 0 Å². The molecule has 4 heteroatoms. The number of carbonyl (C=O) groups is 1. The number of rotatable bonds is 3. The van der Waals surface area contributed by atoms with Gasteiger partial charge < -0.3 is 4.74 Å². The molecule has 1 aromatic carbocycles. The Kier molecular flexibility index (Phi) is 3.34. The average molecular weight is 273 g/mol. The van der Waals surface area contributed by atoms with E-state index in [2.05, 4.69) is 34.0 Å². The van der Waals surface area contributed by atoms with Crippen molar-refractivity contribution >= 4 is 17.3 Å². The summed E-state index contributed by atoms with van der Waals surface area (Å²) in [6.07, 6.45) is 2.38. The Morgan fingerprint density at radius 1 is 1.37 bits per heavy atom. The van der Waals surface area contributed by atoms with Crippen LogP contribution in [0.15, 0.2) is 29.6 Å². The Morgan fingerprint density at radius 3 is 2.68 bits per heavy atom. The molecule has 0 saturated heterocycles. The van der Waals surface area contributed by atoms with Gasteiger partial charge in [-0.2, -0.15) is 0 Å². The number of fused-ring (bicyclic) bond motifs is 1. The van der Waals surface area contributed by atoms with Crippen molar-refractivity contribution in [3.8, 4) is 0 Å². The van der Waals surface area contributed by atoms with E-state index in [1.807, 2.05) is 5.38 Å². The number of carbonyl (C=O) groups excluding carboxylic acids is 1. The standard InChI is InChI=1S/C15H15NO2S/c1-18-14(17)8-13-9-19-15(16-13)12-6-10-4-2-3-5-11(10)7-12/h2-5,9,12H,6-8H2,1H3. The molecule has 0 saturated carbocycles. The molecular weight excluding hydrogens is 258 g/mol. The highest BCUT2D eigenvalue weighted by atomic mass is 32.1. The van der Waals surface area contributed by atoms with Crippen LogP contribution in [0.5, 0.6) is 0 Å². The second kappa shape index (κ2) is 5.13. The van der Waals surface area contributed by atoms with Crippen molar-refractivity contribution in [3.05, 3.63) is 51.5 Å². The number of ether oxygens (including phenoxy) is 1. The quantitative estimate of drug-likeness (QED) is 0.807. The van der Waals surface area contributed by atoms with E-state index in [1.54, 1.807) is 11.3 Å². The molecule has 0 fully saturated rings. The summed E-state index contributed by atoms with van der Waals surface area (Å²) in [5.41, 5.74) is 3.68. The molecule has 1 aliphatic carbocycles. The number of benzene rings is 1. The molecule has 98 valence electrons. The Morgan fingerprint density at radius 2 is 2.05 bits per heavy atom. The lowest BCUT2D eigenvalue weighted by molar-refractivity contribution is -0.139. The summed E-state index contributed by atoms with van der Waals surface area (Å²) < 4.78 is 4.67. The van der Waals surface area contributed by atoms with Crippen LogP contribution in [-0.2, 0) is 28.8 Å². The summed E-state index contributed by atoms with van der Waals surface area (Å²) in [6, 6.07) is 8.56. The molecule has 0 unspecified atom stereocenters. The van der Waals surface area contributed by atoms with E-state index < -0.39 is 0 Å². The molecule has 3 nitrogen and oxygen atoms in total. The summed E-state index contributed by atoms with van der Waals surface area (Å²) >= 11 is 1.65. The number of esters is 1. The predicted molar refractivity (Wildman–Crippen MR) is 74.4 cm³/mol. The van der Waals surface area contributed by atoms with Crippen molar-refractivity contribution in [2.45, 2.75) is 25.2 Å². The van der Waals surface area contributed by atoms with E-state index in [1.165, 1.54) is 18.2 Å². The summed E-state index contributed by atoms with van der Waals surface area (Å²) in [4.78, 5) is 15.8. The smallest absolute Gasteiger partial charge is 0.311 e. The Bertz CT molecular complexity index is 581. The molecule has 19 heavy (non-hydrogen) atoms. The molecule has 1 aliphatic rings. The fraction of sp³-hybridized carbons (Fsp3) is 0.333. The fourth-order valence-electron chi connectivity index (χ4n) is 2.54. The Balaban J connectivity index is 1.73. The lowest BCUT2D eigenvalue weighted by atomic mass is 10.1. The normalized spacial score (nSPS) is 14.4. The molecule has 0 amide bonds. The van der Waals surface area contributed by atoms with Gasteiger partial charge in [-0.1, -0.05) is 24.3 Å². The van der Waals surface area contributed by atoms with E-state index in [0.29, 0.717) is 5.92 Å². The fourth-order valence-corrected chi connectivity index (χ4v) is 3.47. The molecular formula is C15H15NO2S. The van der Waals surface area contributed by atoms with Crippen molar-refractivity contribution in [1.29, 1.82) is 0 Å². The largest absolute Gasteiger partial charge is 0.469 e. The maximum atomic E-state index is 11.2. The zero-order chi connectivity index (χ0) is 13.2. The van der Waals surface area contributed by atoms with Crippen LogP contribution in [0.1, 0.15) is 27.7 Å². The molecule has 0 atom stereocenters. The SMILES string of the molecule is COC(=O)Cc1csc(C2Cc3ccccc3C2)n1. The highest BCUT2D eigenvalue weighted by molar-refractivity contribution is 7.09. The van der Waals surface area contributed by atoms with Gasteiger partial charge in [-0.15, -0.1) is 11.3 Å². The van der Waals surface area contributed by atoms with Crippen LogP contribution in [0.3, 0.4) is 0 Å². The number of hydrogen-bond donors (Lipinski definition) is 0. The van der Waals surface area contributed by atoms with Gasteiger partial charge in [-0.05, 0) is 24.0 Å². The number of hydrogen-bond acceptors (Lipinski definition) is 4. The summed E-state index contributed by atoms with van der Waals surface area (Å²) in [6.45, 7) is 0. The lowest BCUT2D eigenvalue weighted by Gasteiger charge is -2.03. The zero-order valence-electron chi connectivity index (χ0n) is 10.8. The first-order valence-corrected chi connectivity index (χ1v) is 7.22. The number of methoxy groups -OCH3 is 1. The Labute approximate surface area is 116 Å². The first-order chi connectivity index (χ1) is 9.26. The van der Waals surface area contributed by atoms with Crippen molar-refractivity contribution in [1.82, 2.24) is 4.98 Å². The number of aromatic nitrogens is 1. The third kappa shape index (κ3) is 2.54. The number of thiazole rings is 1. The first kappa shape index (κ1) is 12.4. The zero-order valence-corrected chi connectivity index (χ0v) is 11.6. The summed E-state index contributed by atoms with van der Waals surface area (Å²) in [5.74, 6) is 0.236. The van der Waals surface area contributed by atoms with Gasteiger partial charge in [0, 0.05) is 11.3 Å². The van der Waals surface area contributed by atoms with Crippen molar-refractivity contribution in [2.75, 3.05) is 7.11 Å². The molecule has 0 aliphatic heterocycles. The van der Waals surface area contributed by atoms with Gasteiger partial charge in [-0.3, -0.25) is 4.79 Å². The van der Waals surface area contributed by atoms with E-state index in [0.717, 1.165) is 23.5 Å². The van der Waals surface area contributed by atoms with E-state index in [9.17, 15) is 4.79 Å². The molecule has 3 rings (SSSR count).